The second-order valence-electron chi connectivity index (χ2n) is 4.25. The van der Waals surface area contributed by atoms with Crippen molar-refractivity contribution >= 4 is 17.5 Å². The van der Waals surface area contributed by atoms with Crippen LogP contribution in [-0.2, 0) is 13.6 Å². The minimum Gasteiger partial charge on any atom is -0.384 e. The van der Waals surface area contributed by atoms with Crippen molar-refractivity contribution in [1.29, 1.82) is 0 Å². The van der Waals surface area contributed by atoms with Gasteiger partial charge in [-0.2, -0.15) is 5.10 Å². The van der Waals surface area contributed by atoms with Crippen molar-refractivity contribution in [3.63, 3.8) is 0 Å². The zero-order valence-electron chi connectivity index (χ0n) is 10.8. The van der Waals surface area contributed by atoms with Crippen molar-refractivity contribution in [2.24, 2.45) is 12.8 Å². The summed E-state index contributed by atoms with van der Waals surface area (Å²) in [6, 6.07) is 3.39. The monoisotopic (exact) mass is 260 g/mol. The van der Waals surface area contributed by atoms with Gasteiger partial charge in [0, 0.05) is 24.8 Å². The molecule has 0 aliphatic carbocycles. The third-order valence-corrected chi connectivity index (χ3v) is 2.81. The molecule has 7 nitrogen and oxygen atoms in total. The number of carbonyl (C=O) groups excluding carboxylic acids is 1. The fraction of sp³-hybridized carbons (Fsp3) is 0.250. The second-order valence-corrected chi connectivity index (χ2v) is 4.25. The number of aryl methyl sites for hydroxylation is 2. The van der Waals surface area contributed by atoms with Crippen LogP contribution in [0.2, 0.25) is 0 Å². The molecule has 2 rings (SSSR count). The molecule has 2 heterocycles. The lowest BCUT2D eigenvalue weighted by Gasteiger charge is -2.09. The molecule has 7 heteroatoms. The van der Waals surface area contributed by atoms with Gasteiger partial charge >= 0.3 is 0 Å². The van der Waals surface area contributed by atoms with Gasteiger partial charge in [0.1, 0.15) is 11.6 Å². The lowest BCUT2D eigenvalue weighted by molar-refractivity contribution is 0.100. The summed E-state index contributed by atoms with van der Waals surface area (Å²) in [5, 5.41) is 7.10. The van der Waals surface area contributed by atoms with Crippen LogP contribution in [0.3, 0.4) is 0 Å². The number of nitrogens with two attached hydrogens (primary N) is 2. The third-order valence-electron chi connectivity index (χ3n) is 2.81. The first-order chi connectivity index (χ1) is 8.99. The van der Waals surface area contributed by atoms with Crippen LogP contribution in [-0.4, -0.2) is 20.7 Å². The summed E-state index contributed by atoms with van der Waals surface area (Å²) in [4.78, 5) is 15.6. The van der Waals surface area contributed by atoms with E-state index in [9.17, 15) is 4.79 Å². The van der Waals surface area contributed by atoms with Crippen molar-refractivity contribution in [2.45, 2.75) is 13.5 Å². The van der Waals surface area contributed by atoms with Gasteiger partial charge in [-0.15, -0.1) is 0 Å². The largest absolute Gasteiger partial charge is 0.384 e. The fourth-order valence-corrected chi connectivity index (χ4v) is 1.70. The summed E-state index contributed by atoms with van der Waals surface area (Å²) in [5.41, 5.74) is 13.1. The standard InChI is InChI=1S/C12H16N6O/c1-7-3-4-9(11(14)19)12(17-7)15-5-8-6-16-18(2)10(8)13/h3-4,6H,5,13H2,1-2H3,(H2,14,19)(H,15,17). The Hall–Kier alpha value is -2.57. The molecule has 0 aliphatic heterocycles. The number of hydrogen-bond donors (Lipinski definition) is 3. The van der Waals surface area contributed by atoms with Crippen LogP contribution in [0.5, 0.6) is 0 Å². The number of nitrogens with one attached hydrogen (secondary N) is 1. The van der Waals surface area contributed by atoms with Gasteiger partial charge < -0.3 is 16.8 Å². The van der Waals surface area contributed by atoms with Crippen LogP contribution >= 0.6 is 0 Å². The van der Waals surface area contributed by atoms with Crippen molar-refractivity contribution in [3.8, 4) is 0 Å². The van der Waals surface area contributed by atoms with E-state index >= 15 is 0 Å². The molecule has 0 unspecified atom stereocenters. The van der Waals surface area contributed by atoms with E-state index in [-0.39, 0.29) is 0 Å². The van der Waals surface area contributed by atoms with Gasteiger partial charge in [-0.1, -0.05) is 0 Å². The van der Waals surface area contributed by atoms with Crippen LogP contribution in [0.15, 0.2) is 18.3 Å². The number of nitrogen functional groups attached to an aromatic ring is 1. The highest BCUT2D eigenvalue weighted by atomic mass is 16.1. The topological polar surface area (TPSA) is 112 Å². The first-order valence-electron chi connectivity index (χ1n) is 5.76. The summed E-state index contributed by atoms with van der Waals surface area (Å²) in [6.07, 6.45) is 1.67. The molecule has 0 saturated heterocycles. The molecule has 0 saturated carbocycles. The summed E-state index contributed by atoms with van der Waals surface area (Å²) in [5.74, 6) is 0.505. The van der Waals surface area contributed by atoms with E-state index in [2.05, 4.69) is 15.4 Å². The molecule has 0 spiro atoms. The molecule has 0 aliphatic rings. The summed E-state index contributed by atoms with van der Waals surface area (Å²) >= 11 is 0. The SMILES string of the molecule is Cc1ccc(C(N)=O)c(NCc2cnn(C)c2N)n1. The Balaban J connectivity index is 2.21. The minimum absolute atomic E-state index is 0.355. The van der Waals surface area contributed by atoms with Crippen molar-refractivity contribution < 1.29 is 4.79 Å². The van der Waals surface area contributed by atoms with Crippen LogP contribution in [0, 0.1) is 6.92 Å². The summed E-state index contributed by atoms with van der Waals surface area (Å²) < 4.78 is 1.58. The molecule has 19 heavy (non-hydrogen) atoms. The van der Waals surface area contributed by atoms with E-state index in [1.54, 1.807) is 30.1 Å². The van der Waals surface area contributed by atoms with E-state index in [4.69, 9.17) is 11.5 Å². The van der Waals surface area contributed by atoms with E-state index in [1.165, 1.54) is 0 Å². The van der Waals surface area contributed by atoms with Crippen LogP contribution < -0.4 is 16.8 Å². The number of pyridine rings is 1. The Morgan fingerprint density at radius 2 is 2.21 bits per heavy atom. The van der Waals surface area contributed by atoms with Gasteiger partial charge in [0.15, 0.2) is 0 Å². The maximum Gasteiger partial charge on any atom is 0.252 e. The molecule has 2 aromatic rings. The molecule has 0 radical (unpaired) electrons. The average Bonchev–Trinajstić information content (AvgIpc) is 2.67. The Morgan fingerprint density at radius 1 is 1.47 bits per heavy atom. The second kappa shape index (κ2) is 4.97. The van der Waals surface area contributed by atoms with E-state index in [0.29, 0.717) is 23.7 Å². The number of rotatable bonds is 4. The Labute approximate surface area is 110 Å². The molecule has 1 amide bonds. The highest BCUT2D eigenvalue weighted by Gasteiger charge is 2.11. The normalized spacial score (nSPS) is 10.4. The molecule has 100 valence electrons. The molecular formula is C12H16N6O. The predicted molar refractivity (Wildman–Crippen MR) is 72.4 cm³/mol. The van der Waals surface area contributed by atoms with Crippen molar-refractivity contribution in [3.05, 3.63) is 35.2 Å². The van der Waals surface area contributed by atoms with Gasteiger partial charge in [-0.25, -0.2) is 4.98 Å². The van der Waals surface area contributed by atoms with E-state index in [1.807, 2.05) is 6.92 Å². The van der Waals surface area contributed by atoms with Crippen molar-refractivity contribution in [1.82, 2.24) is 14.8 Å². The number of nitrogens with zero attached hydrogens (tertiary/aromatic N) is 3. The van der Waals surface area contributed by atoms with Gasteiger partial charge in [-0.3, -0.25) is 9.48 Å². The van der Waals surface area contributed by atoms with Crippen LogP contribution in [0.25, 0.3) is 0 Å². The van der Waals surface area contributed by atoms with Gasteiger partial charge in [0.05, 0.1) is 11.8 Å². The maximum atomic E-state index is 11.3. The molecule has 0 bridgehead atoms. The van der Waals surface area contributed by atoms with Crippen LogP contribution in [0.1, 0.15) is 21.6 Å². The first-order valence-corrected chi connectivity index (χ1v) is 5.76. The number of primary amides is 1. The number of hydrogen-bond acceptors (Lipinski definition) is 5. The van der Waals surface area contributed by atoms with Crippen molar-refractivity contribution in [2.75, 3.05) is 11.1 Å². The average molecular weight is 260 g/mol. The molecular weight excluding hydrogens is 244 g/mol. The summed E-state index contributed by atoms with van der Waals surface area (Å²) in [6.45, 7) is 2.27. The lowest BCUT2D eigenvalue weighted by atomic mass is 10.2. The Kier molecular flexibility index (Phi) is 3.37. The third kappa shape index (κ3) is 2.65. The number of carbonyl (C=O) groups is 1. The first kappa shape index (κ1) is 12.9. The Morgan fingerprint density at radius 3 is 2.79 bits per heavy atom. The molecule has 0 aromatic carbocycles. The molecule has 0 atom stereocenters. The zero-order chi connectivity index (χ0) is 14.0. The molecule has 5 N–H and O–H groups in total. The van der Waals surface area contributed by atoms with Crippen LogP contribution in [0.4, 0.5) is 11.6 Å². The predicted octanol–water partition coefficient (Wildman–Crippen LogP) is 0.417. The number of anilines is 2. The lowest BCUT2D eigenvalue weighted by Crippen LogP contribution is -2.16. The maximum absolute atomic E-state index is 11.3. The van der Waals surface area contributed by atoms with E-state index < -0.39 is 5.91 Å². The fourth-order valence-electron chi connectivity index (χ4n) is 1.70. The Bertz CT molecular complexity index is 619. The molecule has 2 aromatic heterocycles. The van der Waals surface area contributed by atoms with Gasteiger partial charge in [0.25, 0.3) is 5.91 Å². The number of aromatic nitrogens is 3. The van der Waals surface area contributed by atoms with Gasteiger partial charge in [-0.05, 0) is 19.1 Å². The zero-order valence-corrected chi connectivity index (χ0v) is 10.8. The quantitative estimate of drug-likeness (QED) is 0.737. The highest BCUT2D eigenvalue weighted by Crippen LogP contribution is 2.16. The molecule has 0 fully saturated rings. The van der Waals surface area contributed by atoms with Gasteiger partial charge in [0.2, 0.25) is 0 Å². The summed E-state index contributed by atoms with van der Waals surface area (Å²) in [7, 11) is 1.76. The smallest absolute Gasteiger partial charge is 0.252 e. The highest BCUT2D eigenvalue weighted by molar-refractivity contribution is 5.97. The minimum atomic E-state index is -0.519. The van der Waals surface area contributed by atoms with E-state index in [0.717, 1.165) is 11.3 Å². The number of amides is 1.